The lowest BCUT2D eigenvalue weighted by atomic mass is 9.78. The Hall–Kier alpha value is -1.60. The van der Waals surface area contributed by atoms with Crippen LogP contribution in [0, 0.1) is 0 Å². The molecule has 2 aromatic rings. The lowest BCUT2D eigenvalue weighted by Crippen LogP contribution is -2.35. The smallest absolute Gasteiger partial charge is 0.0701 e. The molecular weight excluding hydrogens is 218 g/mol. The second-order valence-electron chi connectivity index (χ2n) is 5.44. The van der Waals surface area contributed by atoms with Gasteiger partial charge in [-0.3, -0.25) is 4.90 Å². The first-order valence-electron chi connectivity index (χ1n) is 6.74. The van der Waals surface area contributed by atoms with Crippen LogP contribution < -0.4 is 0 Å². The van der Waals surface area contributed by atoms with Gasteiger partial charge in [0, 0.05) is 0 Å². The van der Waals surface area contributed by atoms with Crippen molar-refractivity contribution in [1.29, 1.82) is 0 Å². The molecule has 0 saturated heterocycles. The third-order valence-corrected chi connectivity index (χ3v) is 4.79. The maximum atomic E-state index is 2.63. The Bertz CT molecular complexity index is 582. The van der Waals surface area contributed by atoms with E-state index in [0.717, 1.165) is 6.54 Å². The van der Waals surface area contributed by atoms with Crippen LogP contribution in [-0.2, 0) is 5.54 Å². The summed E-state index contributed by atoms with van der Waals surface area (Å²) in [6.07, 6.45) is 0. The van der Waals surface area contributed by atoms with Gasteiger partial charge in [-0.25, -0.2) is 0 Å². The van der Waals surface area contributed by atoms with Gasteiger partial charge in [0.25, 0.3) is 0 Å². The molecule has 0 amide bonds. The molecule has 2 aliphatic heterocycles. The Balaban J connectivity index is 2.08. The van der Waals surface area contributed by atoms with E-state index in [1.165, 1.54) is 22.3 Å². The number of fused-ring (bicyclic) bond motifs is 8. The van der Waals surface area contributed by atoms with E-state index in [0.29, 0.717) is 6.04 Å². The molecule has 0 aromatic heterocycles. The van der Waals surface area contributed by atoms with Crippen LogP contribution in [0.5, 0.6) is 0 Å². The highest BCUT2D eigenvalue weighted by molar-refractivity contribution is 5.60. The number of nitrogens with zero attached hydrogens (tertiary/aromatic N) is 1. The van der Waals surface area contributed by atoms with E-state index in [1.807, 2.05) is 0 Å². The minimum atomic E-state index is 0.0760. The van der Waals surface area contributed by atoms with Gasteiger partial charge in [-0.1, -0.05) is 55.5 Å². The molecule has 18 heavy (non-hydrogen) atoms. The van der Waals surface area contributed by atoms with E-state index >= 15 is 0 Å². The Morgan fingerprint density at radius 3 is 1.94 bits per heavy atom. The highest BCUT2D eigenvalue weighted by Gasteiger charge is 2.54. The second kappa shape index (κ2) is 3.24. The normalized spacial score (nSPS) is 28.2. The molecule has 2 heterocycles. The first-order valence-corrected chi connectivity index (χ1v) is 6.74. The molecule has 2 aromatic carbocycles. The molecule has 90 valence electrons. The molecule has 0 unspecified atom stereocenters. The summed E-state index contributed by atoms with van der Waals surface area (Å²) in [5.74, 6) is 0. The summed E-state index contributed by atoms with van der Waals surface area (Å²) in [5.41, 5.74) is 6.07. The van der Waals surface area contributed by atoms with Crippen molar-refractivity contribution in [2.45, 2.75) is 25.4 Å². The van der Waals surface area contributed by atoms with Gasteiger partial charge < -0.3 is 0 Å². The van der Waals surface area contributed by atoms with E-state index < -0.39 is 0 Å². The summed E-state index contributed by atoms with van der Waals surface area (Å²) in [6.45, 7) is 5.73. The fraction of sp³-hybridized carbons (Fsp3) is 0.294. The van der Waals surface area contributed by atoms with Gasteiger partial charge in [0.1, 0.15) is 0 Å². The highest BCUT2D eigenvalue weighted by Crippen LogP contribution is 2.59. The molecule has 0 fully saturated rings. The predicted octanol–water partition coefficient (Wildman–Crippen LogP) is 3.69. The molecule has 0 aliphatic carbocycles. The lowest BCUT2D eigenvalue weighted by Gasteiger charge is -2.32. The molecular formula is C17H17N. The van der Waals surface area contributed by atoms with E-state index in [2.05, 4.69) is 67.3 Å². The van der Waals surface area contributed by atoms with Crippen molar-refractivity contribution in [3.05, 3.63) is 70.8 Å². The van der Waals surface area contributed by atoms with Crippen LogP contribution in [0.2, 0.25) is 0 Å². The largest absolute Gasteiger partial charge is 0.279 e. The monoisotopic (exact) mass is 235 g/mol. The summed E-state index contributed by atoms with van der Waals surface area (Å²) in [5, 5.41) is 0. The molecule has 2 aliphatic rings. The maximum Gasteiger partial charge on any atom is 0.0701 e. The van der Waals surface area contributed by atoms with Crippen molar-refractivity contribution < 1.29 is 0 Å². The predicted molar refractivity (Wildman–Crippen MR) is 73.6 cm³/mol. The zero-order valence-corrected chi connectivity index (χ0v) is 10.9. The van der Waals surface area contributed by atoms with Crippen LogP contribution in [0.25, 0.3) is 0 Å². The van der Waals surface area contributed by atoms with Crippen molar-refractivity contribution in [1.82, 2.24) is 4.90 Å². The topological polar surface area (TPSA) is 3.24 Å². The number of hydrogen-bond acceptors (Lipinski definition) is 1. The van der Waals surface area contributed by atoms with Crippen molar-refractivity contribution in [3.63, 3.8) is 0 Å². The molecule has 0 atom stereocenters. The second-order valence-corrected chi connectivity index (χ2v) is 5.44. The molecule has 4 rings (SSSR count). The first kappa shape index (κ1) is 10.3. The third-order valence-electron chi connectivity index (χ3n) is 4.79. The standard InChI is InChI=1S/C17H17N/c1-3-18-16-12-8-4-6-10-14(12)17(18,2)15-11-7-5-9-13(15)16/h4-11,16H,3H2,1-2H3. The minimum absolute atomic E-state index is 0.0760. The Labute approximate surface area is 108 Å². The van der Waals surface area contributed by atoms with Gasteiger partial charge in [0.2, 0.25) is 0 Å². The Kier molecular flexibility index (Phi) is 1.86. The van der Waals surface area contributed by atoms with Crippen LogP contribution in [0.1, 0.15) is 42.1 Å². The molecule has 0 N–H and O–H groups in total. The van der Waals surface area contributed by atoms with Crippen LogP contribution >= 0.6 is 0 Å². The molecule has 0 spiro atoms. The summed E-state index contributed by atoms with van der Waals surface area (Å²) in [6, 6.07) is 18.3. The van der Waals surface area contributed by atoms with Crippen molar-refractivity contribution in [3.8, 4) is 0 Å². The Morgan fingerprint density at radius 1 is 0.944 bits per heavy atom. The van der Waals surface area contributed by atoms with E-state index in [9.17, 15) is 0 Å². The summed E-state index contributed by atoms with van der Waals surface area (Å²) in [7, 11) is 0. The quantitative estimate of drug-likeness (QED) is 0.728. The SMILES string of the molecule is CCN1C2c3ccccc3C1(C)c1ccccc12. The highest BCUT2D eigenvalue weighted by atomic mass is 15.3. The maximum absolute atomic E-state index is 2.63. The van der Waals surface area contributed by atoms with Crippen LogP contribution in [0.15, 0.2) is 48.5 Å². The average molecular weight is 235 g/mol. The molecule has 1 nitrogen and oxygen atoms in total. The van der Waals surface area contributed by atoms with Crippen LogP contribution in [0.4, 0.5) is 0 Å². The summed E-state index contributed by atoms with van der Waals surface area (Å²) in [4.78, 5) is 2.63. The van der Waals surface area contributed by atoms with Crippen molar-refractivity contribution in [2.24, 2.45) is 0 Å². The van der Waals surface area contributed by atoms with Crippen LogP contribution in [0.3, 0.4) is 0 Å². The van der Waals surface area contributed by atoms with E-state index in [4.69, 9.17) is 0 Å². The van der Waals surface area contributed by atoms with Gasteiger partial charge >= 0.3 is 0 Å². The number of hydrogen-bond donors (Lipinski definition) is 0. The third kappa shape index (κ3) is 0.942. The van der Waals surface area contributed by atoms with Crippen molar-refractivity contribution in [2.75, 3.05) is 6.54 Å². The molecule has 0 radical (unpaired) electrons. The molecule has 1 heteroatoms. The minimum Gasteiger partial charge on any atom is -0.279 e. The fourth-order valence-electron chi connectivity index (χ4n) is 4.07. The van der Waals surface area contributed by atoms with Crippen LogP contribution in [-0.4, -0.2) is 11.4 Å². The van der Waals surface area contributed by atoms with Gasteiger partial charge in [-0.15, -0.1) is 0 Å². The van der Waals surface area contributed by atoms with Crippen molar-refractivity contribution >= 4 is 0 Å². The van der Waals surface area contributed by atoms with E-state index in [1.54, 1.807) is 0 Å². The van der Waals surface area contributed by atoms with Gasteiger partial charge in [-0.2, -0.15) is 0 Å². The number of benzene rings is 2. The van der Waals surface area contributed by atoms with Gasteiger partial charge in [-0.05, 0) is 35.7 Å². The molecule has 0 saturated carbocycles. The Morgan fingerprint density at radius 2 is 1.44 bits per heavy atom. The summed E-state index contributed by atoms with van der Waals surface area (Å²) < 4.78 is 0. The zero-order valence-electron chi connectivity index (χ0n) is 10.9. The zero-order chi connectivity index (χ0) is 12.3. The first-order chi connectivity index (χ1) is 8.78. The lowest BCUT2D eigenvalue weighted by molar-refractivity contribution is 0.168. The fourth-order valence-corrected chi connectivity index (χ4v) is 4.07. The summed E-state index contributed by atoms with van der Waals surface area (Å²) >= 11 is 0. The number of rotatable bonds is 1. The van der Waals surface area contributed by atoms with Gasteiger partial charge in [0.05, 0.1) is 11.6 Å². The average Bonchev–Trinajstić information content (AvgIpc) is 2.83. The van der Waals surface area contributed by atoms with E-state index in [-0.39, 0.29) is 5.54 Å². The van der Waals surface area contributed by atoms with Gasteiger partial charge in [0.15, 0.2) is 0 Å². The molecule has 2 bridgehead atoms.